The van der Waals surface area contributed by atoms with Gasteiger partial charge < -0.3 is 9.47 Å². The molecule has 1 aromatic rings. The highest BCUT2D eigenvalue weighted by Crippen LogP contribution is 2.15. The maximum absolute atomic E-state index is 11.3. The van der Waals surface area contributed by atoms with Gasteiger partial charge in [-0.1, -0.05) is 18.2 Å². The minimum Gasteiger partial charge on any atom is -0.469 e. The molecule has 0 aromatic heterocycles. The Morgan fingerprint density at radius 3 is 3.10 bits per heavy atom. The number of carbonyl (C=O) groups excluding carboxylic acids is 1. The van der Waals surface area contributed by atoms with E-state index in [9.17, 15) is 4.79 Å². The molecule has 1 aliphatic heterocycles. The Balaban J connectivity index is 1.96. The average molecular weight is 274 g/mol. The number of benzene rings is 1. The van der Waals surface area contributed by atoms with E-state index in [1.807, 2.05) is 24.3 Å². The fraction of sp³-hybridized carbons (Fsp3) is 0.467. The van der Waals surface area contributed by atoms with Gasteiger partial charge in [-0.2, -0.15) is 5.26 Å². The maximum atomic E-state index is 11.3. The van der Waals surface area contributed by atoms with Gasteiger partial charge in [-0.3, -0.25) is 9.69 Å². The second kappa shape index (κ2) is 7.04. The van der Waals surface area contributed by atoms with Crippen molar-refractivity contribution in [1.29, 1.82) is 5.26 Å². The number of ether oxygens (including phenoxy) is 2. The SMILES string of the molecule is COC(=O)C[C@@H]1CN(Cc2ccccc2C#N)CCO1. The van der Waals surface area contributed by atoms with Crippen LogP contribution in [0.25, 0.3) is 0 Å². The fourth-order valence-electron chi connectivity index (χ4n) is 2.32. The number of esters is 1. The largest absolute Gasteiger partial charge is 0.469 e. The Bertz CT molecular complexity index is 510. The lowest BCUT2D eigenvalue weighted by atomic mass is 10.1. The van der Waals surface area contributed by atoms with E-state index in [0.29, 0.717) is 25.3 Å². The zero-order valence-corrected chi connectivity index (χ0v) is 11.5. The summed E-state index contributed by atoms with van der Waals surface area (Å²) in [4.78, 5) is 13.5. The molecule has 1 fully saturated rings. The first-order valence-corrected chi connectivity index (χ1v) is 6.61. The summed E-state index contributed by atoms with van der Waals surface area (Å²) in [5.41, 5.74) is 1.71. The summed E-state index contributed by atoms with van der Waals surface area (Å²) in [5.74, 6) is -0.255. The molecule has 0 radical (unpaired) electrons. The third-order valence-corrected chi connectivity index (χ3v) is 3.38. The van der Waals surface area contributed by atoms with Gasteiger partial charge in [0, 0.05) is 19.6 Å². The number of rotatable bonds is 4. The van der Waals surface area contributed by atoms with Crippen molar-refractivity contribution < 1.29 is 14.3 Å². The molecule has 1 heterocycles. The first-order valence-electron chi connectivity index (χ1n) is 6.61. The molecule has 0 spiro atoms. The molecular formula is C15H18N2O3. The summed E-state index contributed by atoms with van der Waals surface area (Å²) in [6.07, 6.45) is 0.137. The van der Waals surface area contributed by atoms with Crippen molar-refractivity contribution in [3.05, 3.63) is 35.4 Å². The molecular weight excluding hydrogens is 256 g/mol. The van der Waals surface area contributed by atoms with Crippen LogP contribution < -0.4 is 0 Å². The maximum Gasteiger partial charge on any atom is 0.308 e. The number of nitrogens with zero attached hydrogens (tertiary/aromatic N) is 2. The van der Waals surface area contributed by atoms with Crippen molar-refractivity contribution >= 4 is 5.97 Å². The summed E-state index contributed by atoms with van der Waals surface area (Å²) in [7, 11) is 1.38. The molecule has 0 unspecified atom stereocenters. The van der Waals surface area contributed by atoms with Crippen LogP contribution in [-0.2, 0) is 20.8 Å². The van der Waals surface area contributed by atoms with E-state index in [2.05, 4.69) is 15.7 Å². The molecule has 2 rings (SSSR count). The standard InChI is InChI=1S/C15H18N2O3/c1-19-15(18)8-14-11-17(6-7-20-14)10-13-5-3-2-4-12(13)9-16/h2-5,14H,6-8,10-11H2,1H3/t14-/m1/s1. The predicted molar refractivity (Wildman–Crippen MR) is 72.8 cm³/mol. The lowest BCUT2D eigenvalue weighted by Crippen LogP contribution is -2.43. The Morgan fingerprint density at radius 1 is 1.55 bits per heavy atom. The Hall–Kier alpha value is -1.90. The first kappa shape index (κ1) is 14.5. The summed E-state index contributed by atoms with van der Waals surface area (Å²) in [5, 5.41) is 9.10. The number of hydrogen-bond donors (Lipinski definition) is 0. The van der Waals surface area contributed by atoms with E-state index in [1.54, 1.807) is 0 Å². The van der Waals surface area contributed by atoms with Gasteiger partial charge >= 0.3 is 5.97 Å². The van der Waals surface area contributed by atoms with Crippen LogP contribution in [0.5, 0.6) is 0 Å². The molecule has 106 valence electrons. The highest BCUT2D eigenvalue weighted by molar-refractivity contribution is 5.69. The smallest absolute Gasteiger partial charge is 0.308 e. The second-order valence-electron chi connectivity index (χ2n) is 4.78. The van der Waals surface area contributed by atoms with Crippen molar-refractivity contribution in [3.8, 4) is 6.07 Å². The Kier molecular flexibility index (Phi) is 5.10. The van der Waals surface area contributed by atoms with E-state index < -0.39 is 0 Å². The van der Waals surface area contributed by atoms with Crippen molar-refractivity contribution in [3.63, 3.8) is 0 Å². The van der Waals surface area contributed by atoms with Crippen LogP contribution in [0.1, 0.15) is 17.5 Å². The van der Waals surface area contributed by atoms with Gasteiger partial charge in [0.2, 0.25) is 0 Å². The van der Waals surface area contributed by atoms with Gasteiger partial charge in [-0.05, 0) is 11.6 Å². The molecule has 0 aliphatic carbocycles. The van der Waals surface area contributed by atoms with Crippen LogP contribution in [0.4, 0.5) is 0 Å². The molecule has 0 amide bonds. The third-order valence-electron chi connectivity index (χ3n) is 3.38. The first-order chi connectivity index (χ1) is 9.72. The zero-order chi connectivity index (χ0) is 14.4. The summed E-state index contributed by atoms with van der Waals surface area (Å²) in [6.45, 7) is 2.77. The monoisotopic (exact) mass is 274 g/mol. The highest BCUT2D eigenvalue weighted by atomic mass is 16.5. The summed E-state index contributed by atoms with van der Waals surface area (Å²) >= 11 is 0. The molecule has 5 heteroatoms. The molecule has 1 atom stereocenters. The molecule has 5 nitrogen and oxygen atoms in total. The van der Waals surface area contributed by atoms with Crippen LogP contribution in [-0.4, -0.2) is 43.8 Å². The number of carbonyl (C=O) groups is 1. The predicted octanol–water partition coefficient (Wildman–Crippen LogP) is 1.32. The second-order valence-corrected chi connectivity index (χ2v) is 4.78. The minimum atomic E-state index is -0.255. The quantitative estimate of drug-likeness (QED) is 0.775. The molecule has 1 aliphatic rings. The van der Waals surface area contributed by atoms with E-state index in [4.69, 9.17) is 10.00 Å². The van der Waals surface area contributed by atoms with Gasteiger partial charge in [-0.15, -0.1) is 0 Å². The summed E-state index contributed by atoms with van der Waals surface area (Å²) in [6, 6.07) is 9.78. The number of methoxy groups -OCH3 is 1. The summed E-state index contributed by atoms with van der Waals surface area (Å²) < 4.78 is 10.2. The number of morpholine rings is 1. The normalized spacial score (nSPS) is 19.3. The van der Waals surface area contributed by atoms with E-state index >= 15 is 0 Å². The van der Waals surface area contributed by atoms with Crippen LogP contribution in [0.15, 0.2) is 24.3 Å². The zero-order valence-electron chi connectivity index (χ0n) is 11.5. The van der Waals surface area contributed by atoms with Crippen molar-refractivity contribution in [1.82, 2.24) is 4.90 Å². The lowest BCUT2D eigenvalue weighted by molar-refractivity contribution is -0.145. The number of nitriles is 1. The van der Waals surface area contributed by atoms with Crippen molar-refractivity contribution in [2.45, 2.75) is 19.1 Å². The molecule has 0 N–H and O–H groups in total. The average Bonchev–Trinajstić information content (AvgIpc) is 2.48. The fourth-order valence-corrected chi connectivity index (χ4v) is 2.32. The van der Waals surface area contributed by atoms with E-state index in [-0.39, 0.29) is 18.5 Å². The molecule has 0 bridgehead atoms. The van der Waals surface area contributed by atoms with Gasteiger partial charge in [0.1, 0.15) is 0 Å². The van der Waals surface area contributed by atoms with Crippen LogP contribution in [0.2, 0.25) is 0 Å². The van der Waals surface area contributed by atoms with Gasteiger partial charge in [0.15, 0.2) is 0 Å². The van der Waals surface area contributed by atoms with Gasteiger partial charge in [0.05, 0.1) is 37.9 Å². The van der Waals surface area contributed by atoms with Crippen LogP contribution in [0.3, 0.4) is 0 Å². The van der Waals surface area contributed by atoms with Crippen molar-refractivity contribution in [2.24, 2.45) is 0 Å². The Morgan fingerprint density at radius 2 is 2.35 bits per heavy atom. The van der Waals surface area contributed by atoms with Gasteiger partial charge in [-0.25, -0.2) is 0 Å². The molecule has 20 heavy (non-hydrogen) atoms. The number of hydrogen-bond acceptors (Lipinski definition) is 5. The van der Waals surface area contributed by atoms with Crippen LogP contribution >= 0.6 is 0 Å². The minimum absolute atomic E-state index is 0.134. The van der Waals surface area contributed by atoms with Gasteiger partial charge in [0.25, 0.3) is 0 Å². The van der Waals surface area contributed by atoms with E-state index in [0.717, 1.165) is 12.1 Å². The molecule has 1 aromatic carbocycles. The topological polar surface area (TPSA) is 62.6 Å². The van der Waals surface area contributed by atoms with E-state index in [1.165, 1.54) is 7.11 Å². The highest BCUT2D eigenvalue weighted by Gasteiger charge is 2.23. The third kappa shape index (κ3) is 3.80. The lowest BCUT2D eigenvalue weighted by Gasteiger charge is -2.32. The van der Waals surface area contributed by atoms with Crippen LogP contribution in [0, 0.1) is 11.3 Å². The Labute approximate surface area is 118 Å². The van der Waals surface area contributed by atoms with Crippen molar-refractivity contribution in [2.75, 3.05) is 26.8 Å². The molecule has 0 saturated carbocycles. The molecule has 1 saturated heterocycles.